The van der Waals surface area contributed by atoms with E-state index in [0.717, 1.165) is 9.79 Å². The van der Waals surface area contributed by atoms with Crippen molar-refractivity contribution in [1.29, 1.82) is 0 Å². The maximum Gasteiger partial charge on any atom is 0.329 e. The lowest BCUT2D eigenvalue weighted by Crippen LogP contribution is -2.43. The lowest BCUT2D eigenvalue weighted by Gasteiger charge is -2.19. The van der Waals surface area contributed by atoms with E-state index in [4.69, 9.17) is 18.9 Å². The second-order valence-electron chi connectivity index (χ2n) is 8.29. The largest absolute Gasteiger partial charge is 0.493 e. The van der Waals surface area contributed by atoms with E-state index < -0.39 is 30.4 Å². The number of carbonyl (C=O) groups is 3. The number of rotatable bonds is 14. The summed E-state index contributed by atoms with van der Waals surface area (Å²) in [4.78, 5) is 40.5. The lowest BCUT2D eigenvalue weighted by molar-refractivity contribution is -0.149. The van der Waals surface area contributed by atoms with Gasteiger partial charge < -0.3 is 29.6 Å². The van der Waals surface area contributed by atoms with Crippen LogP contribution in [0.3, 0.4) is 0 Å². The topological polar surface area (TPSA) is 112 Å². The van der Waals surface area contributed by atoms with E-state index in [1.54, 1.807) is 6.07 Å². The Morgan fingerprint density at radius 1 is 0.875 bits per heavy atom. The van der Waals surface area contributed by atoms with Crippen LogP contribution in [0.2, 0.25) is 0 Å². The average Bonchev–Trinajstić information content (AvgIpc) is 2.98. The van der Waals surface area contributed by atoms with E-state index in [2.05, 4.69) is 10.6 Å². The van der Waals surface area contributed by atoms with Crippen LogP contribution >= 0.6 is 23.5 Å². The highest BCUT2D eigenvalue weighted by atomic mass is 32.2. The fraction of sp³-hybridized carbons (Fsp3) is 0.276. The summed E-state index contributed by atoms with van der Waals surface area (Å²) in [6.45, 7) is -0.501. The van der Waals surface area contributed by atoms with Gasteiger partial charge in [-0.1, -0.05) is 42.1 Å². The van der Waals surface area contributed by atoms with Gasteiger partial charge in [0.05, 0.1) is 27.0 Å². The Bertz CT molecular complexity index is 1280. The number of benzene rings is 3. The molecule has 0 unspecified atom stereocenters. The minimum absolute atomic E-state index is 0.210. The zero-order valence-electron chi connectivity index (χ0n) is 22.7. The molecule has 0 aromatic heterocycles. The highest BCUT2D eigenvalue weighted by Gasteiger charge is 2.25. The molecule has 0 bridgehead atoms. The number of carbonyl (C=O) groups excluding carboxylic acids is 3. The zero-order chi connectivity index (χ0) is 28.9. The summed E-state index contributed by atoms with van der Waals surface area (Å²) in [5.74, 6) is -0.194. The zero-order valence-corrected chi connectivity index (χ0v) is 24.4. The van der Waals surface area contributed by atoms with Gasteiger partial charge in [0.25, 0.3) is 11.8 Å². The summed E-state index contributed by atoms with van der Waals surface area (Å²) in [6.07, 6.45) is 2.20. The number of anilines is 1. The Morgan fingerprint density at radius 3 is 2.15 bits per heavy atom. The third kappa shape index (κ3) is 8.59. The molecule has 9 nitrogen and oxygen atoms in total. The van der Waals surface area contributed by atoms with Crippen molar-refractivity contribution < 1.29 is 33.3 Å². The van der Waals surface area contributed by atoms with Crippen LogP contribution in [0.4, 0.5) is 5.69 Å². The summed E-state index contributed by atoms with van der Waals surface area (Å²) in [7, 11) is 4.36. The van der Waals surface area contributed by atoms with Crippen molar-refractivity contribution in [3.8, 4) is 17.2 Å². The van der Waals surface area contributed by atoms with Crippen LogP contribution in [0.5, 0.6) is 17.2 Å². The SMILES string of the molecule is COc1cc(C(=O)N[C@@H](CCSC)C(=O)OCC(=O)Nc2ccccc2Sc2ccccc2)cc(OC)c1OC. The highest BCUT2D eigenvalue weighted by Crippen LogP contribution is 2.38. The van der Waals surface area contributed by atoms with E-state index in [1.807, 2.05) is 54.8 Å². The predicted octanol–water partition coefficient (Wildman–Crippen LogP) is 4.90. The molecule has 2 amide bonds. The van der Waals surface area contributed by atoms with Crippen LogP contribution in [0.25, 0.3) is 0 Å². The van der Waals surface area contributed by atoms with Crippen LogP contribution in [0, 0.1) is 0 Å². The van der Waals surface area contributed by atoms with E-state index >= 15 is 0 Å². The molecule has 0 aliphatic rings. The van der Waals surface area contributed by atoms with E-state index in [9.17, 15) is 14.4 Å². The predicted molar refractivity (Wildman–Crippen MR) is 157 cm³/mol. The van der Waals surface area contributed by atoms with Crippen LogP contribution < -0.4 is 24.8 Å². The number of nitrogens with one attached hydrogen (secondary N) is 2. The molecule has 40 heavy (non-hydrogen) atoms. The van der Waals surface area contributed by atoms with Crippen LogP contribution in [-0.2, 0) is 14.3 Å². The molecule has 0 radical (unpaired) electrons. The number of thioether (sulfide) groups is 1. The Balaban J connectivity index is 1.65. The van der Waals surface area contributed by atoms with Crippen LogP contribution in [0.15, 0.2) is 76.5 Å². The molecule has 0 aliphatic heterocycles. The molecule has 3 aromatic carbocycles. The molecule has 212 valence electrons. The van der Waals surface area contributed by atoms with Gasteiger partial charge in [0.1, 0.15) is 6.04 Å². The van der Waals surface area contributed by atoms with E-state index in [-0.39, 0.29) is 5.56 Å². The minimum Gasteiger partial charge on any atom is -0.493 e. The van der Waals surface area contributed by atoms with Crippen molar-refractivity contribution in [3.63, 3.8) is 0 Å². The smallest absolute Gasteiger partial charge is 0.329 e. The van der Waals surface area contributed by atoms with Gasteiger partial charge >= 0.3 is 5.97 Å². The van der Waals surface area contributed by atoms with E-state index in [1.165, 1.54) is 57.0 Å². The molecule has 0 heterocycles. The second-order valence-corrected chi connectivity index (χ2v) is 10.4. The van der Waals surface area contributed by atoms with Gasteiger partial charge in [0.15, 0.2) is 18.1 Å². The molecular formula is C29H32N2O7S2. The molecule has 0 aliphatic carbocycles. The van der Waals surface area contributed by atoms with Gasteiger partial charge in [-0.15, -0.1) is 0 Å². The molecule has 3 rings (SSSR count). The third-order valence-corrected chi connectivity index (χ3v) is 7.33. The number of amides is 2. The molecule has 2 N–H and O–H groups in total. The number of ether oxygens (including phenoxy) is 4. The number of hydrogen-bond acceptors (Lipinski definition) is 9. The first-order chi connectivity index (χ1) is 19.4. The molecule has 3 aromatic rings. The number of esters is 1. The molecular weight excluding hydrogens is 552 g/mol. The van der Waals surface area contributed by atoms with Crippen molar-refractivity contribution in [2.75, 3.05) is 45.3 Å². The Labute approximate surface area is 242 Å². The molecule has 0 fully saturated rings. The number of methoxy groups -OCH3 is 3. The standard InChI is InChI=1S/C29H32N2O7S2/c1-35-23-16-19(17-24(36-2)27(23)37-3)28(33)31-22(14-15-39-4)29(34)38-18-26(32)30-21-12-8-9-13-25(21)40-20-10-6-5-7-11-20/h5-13,16-17,22H,14-15,18H2,1-4H3,(H,30,32)(H,31,33)/t22-/m0/s1. The van der Waals surface area contributed by atoms with Crippen LogP contribution in [-0.4, -0.2) is 63.8 Å². The van der Waals surface area contributed by atoms with Crippen molar-refractivity contribution in [2.45, 2.75) is 22.3 Å². The van der Waals surface area contributed by atoms with Gasteiger partial charge in [0.2, 0.25) is 5.75 Å². The summed E-state index contributed by atoms with van der Waals surface area (Å²) in [5.41, 5.74) is 0.814. The Hall–Kier alpha value is -3.83. The minimum atomic E-state index is -0.965. The number of para-hydroxylation sites is 1. The Kier molecular flexibility index (Phi) is 12.0. The summed E-state index contributed by atoms with van der Waals surface area (Å²) in [6, 6.07) is 19.2. The first-order valence-corrected chi connectivity index (χ1v) is 14.5. The first-order valence-electron chi connectivity index (χ1n) is 12.3. The monoisotopic (exact) mass is 584 g/mol. The fourth-order valence-electron chi connectivity index (χ4n) is 3.64. The molecule has 0 saturated heterocycles. The van der Waals surface area contributed by atoms with Gasteiger partial charge in [0, 0.05) is 15.4 Å². The van der Waals surface area contributed by atoms with Crippen molar-refractivity contribution in [3.05, 3.63) is 72.3 Å². The molecule has 1 atom stereocenters. The summed E-state index contributed by atoms with van der Waals surface area (Å²) < 4.78 is 21.2. The second kappa shape index (κ2) is 15.7. The van der Waals surface area contributed by atoms with E-state index in [0.29, 0.717) is 35.1 Å². The maximum atomic E-state index is 13.1. The maximum absolute atomic E-state index is 13.1. The normalized spacial score (nSPS) is 11.2. The molecule has 0 spiro atoms. The van der Waals surface area contributed by atoms with Crippen molar-refractivity contribution >= 4 is 47.0 Å². The fourth-order valence-corrected chi connectivity index (χ4v) is 5.03. The highest BCUT2D eigenvalue weighted by molar-refractivity contribution is 7.99. The van der Waals surface area contributed by atoms with Crippen LogP contribution in [0.1, 0.15) is 16.8 Å². The van der Waals surface area contributed by atoms with Crippen molar-refractivity contribution in [2.24, 2.45) is 0 Å². The average molecular weight is 585 g/mol. The number of hydrogen-bond donors (Lipinski definition) is 2. The quantitative estimate of drug-likeness (QED) is 0.256. The van der Waals surface area contributed by atoms with Gasteiger partial charge in [-0.3, -0.25) is 9.59 Å². The van der Waals surface area contributed by atoms with Gasteiger partial charge in [-0.25, -0.2) is 4.79 Å². The van der Waals surface area contributed by atoms with Gasteiger partial charge in [-0.05, 0) is 54.8 Å². The molecule has 11 heteroatoms. The first kappa shape index (κ1) is 30.7. The molecule has 0 saturated carbocycles. The summed E-state index contributed by atoms with van der Waals surface area (Å²) in [5, 5.41) is 5.51. The lowest BCUT2D eigenvalue weighted by atomic mass is 10.1. The van der Waals surface area contributed by atoms with Gasteiger partial charge in [-0.2, -0.15) is 11.8 Å². The Morgan fingerprint density at radius 2 is 1.52 bits per heavy atom. The van der Waals surface area contributed by atoms with Crippen molar-refractivity contribution in [1.82, 2.24) is 5.32 Å². The summed E-state index contributed by atoms with van der Waals surface area (Å²) >= 11 is 3.03. The third-order valence-electron chi connectivity index (χ3n) is 5.61.